The van der Waals surface area contributed by atoms with Crippen molar-refractivity contribution in [3.05, 3.63) is 23.1 Å². The first-order valence-corrected chi connectivity index (χ1v) is 6.99. The second-order valence-corrected chi connectivity index (χ2v) is 4.94. The third kappa shape index (κ3) is 2.84. The Morgan fingerprint density at radius 3 is 2.50 bits per heavy atom. The lowest BCUT2D eigenvalue weighted by molar-refractivity contribution is 0.354. The van der Waals surface area contributed by atoms with Gasteiger partial charge in [0.05, 0.1) is 19.9 Å². The Morgan fingerprint density at radius 2 is 1.95 bits per heavy atom. The minimum atomic E-state index is 0.550. The van der Waals surface area contributed by atoms with Gasteiger partial charge in [0, 0.05) is 10.9 Å². The predicted molar refractivity (Wildman–Crippen MR) is 81.2 cm³/mol. The quantitative estimate of drug-likeness (QED) is 0.553. The highest BCUT2D eigenvalue weighted by Gasteiger charge is 2.14. The minimum absolute atomic E-state index is 0.550. The lowest BCUT2D eigenvalue weighted by atomic mass is 10.0. The van der Waals surface area contributed by atoms with Crippen LogP contribution in [0.25, 0.3) is 11.3 Å². The van der Waals surface area contributed by atoms with E-state index in [4.69, 9.17) is 21.1 Å². The van der Waals surface area contributed by atoms with Crippen molar-refractivity contribution >= 4 is 16.5 Å². The topological polar surface area (TPSA) is 95.4 Å². The Labute approximate surface area is 121 Å². The summed E-state index contributed by atoms with van der Waals surface area (Å²) in [6.45, 7) is 0.550. The average molecular weight is 294 g/mol. The molecule has 2 aromatic rings. The van der Waals surface area contributed by atoms with Crippen molar-refractivity contribution in [2.24, 2.45) is 11.6 Å². The van der Waals surface area contributed by atoms with Crippen molar-refractivity contribution in [1.82, 2.24) is 4.98 Å². The molecule has 1 aromatic heterocycles. The van der Waals surface area contributed by atoms with Crippen LogP contribution in [0.1, 0.15) is 5.56 Å². The van der Waals surface area contributed by atoms with Gasteiger partial charge in [-0.3, -0.25) is 5.43 Å². The van der Waals surface area contributed by atoms with E-state index in [-0.39, 0.29) is 0 Å². The van der Waals surface area contributed by atoms with Crippen molar-refractivity contribution in [2.75, 3.05) is 26.2 Å². The summed E-state index contributed by atoms with van der Waals surface area (Å²) in [5.74, 6) is 6.73. The number of nitrogens with zero attached hydrogens (tertiary/aromatic N) is 1. The van der Waals surface area contributed by atoms with Crippen molar-refractivity contribution in [1.29, 1.82) is 0 Å². The molecule has 1 heterocycles. The van der Waals surface area contributed by atoms with E-state index in [2.05, 4.69) is 10.4 Å². The number of ether oxygens (including phenoxy) is 2. The van der Waals surface area contributed by atoms with Gasteiger partial charge < -0.3 is 15.2 Å². The molecule has 0 aliphatic heterocycles. The largest absolute Gasteiger partial charge is 0.493 e. The second-order valence-electron chi connectivity index (χ2n) is 4.09. The van der Waals surface area contributed by atoms with Crippen LogP contribution in [-0.4, -0.2) is 25.7 Å². The number of benzene rings is 1. The highest BCUT2D eigenvalue weighted by atomic mass is 32.1. The van der Waals surface area contributed by atoms with E-state index in [0.717, 1.165) is 23.2 Å². The van der Waals surface area contributed by atoms with Crippen LogP contribution in [0.3, 0.4) is 0 Å². The number of nitrogens with one attached hydrogen (secondary N) is 1. The van der Waals surface area contributed by atoms with Crippen LogP contribution >= 0.6 is 11.3 Å². The molecular weight excluding hydrogens is 276 g/mol. The summed E-state index contributed by atoms with van der Waals surface area (Å²) in [5, 5.41) is 2.60. The highest BCUT2D eigenvalue weighted by Crippen LogP contribution is 2.36. The molecule has 0 saturated carbocycles. The predicted octanol–water partition coefficient (Wildman–Crippen LogP) is 1.61. The van der Waals surface area contributed by atoms with Gasteiger partial charge in [-0.15, -0.1) is 11.3 Å². The number of hydrogen-bond donors (Lipinski definition) is 3. The third-order valence-corrected chi connectivity index (χ3v) is 3.70. The maximum atomic E-state index is 5.68. The molecule has 0 bridgehead atoms. The molecule has 0 fully saturated rings. The normalized spacial score (nSPS) is 10.4. The zero-order valence-electron chi connectivity index (χ0n) is 11.5. The van der Waals surface area contributed by atoms with Crippen LogP contribution in [-0.2, 0) is 6.42 Å². The van der Waals surface area contributed by atoms with Gasteiger partial charge in [-0.1, -0.05) is 0 Å². The van der Waals surface area contributed by atoms with Crippen LogP contribution in [0.4, 0.5) is 5.13 Å². The number of anilines is 1. The molecule has 20 heavy (non-hydrogen) atoms. The summed E-state index contributed by atoms with van der Waals surface area (Å²) in [7, 11) is 3.22. The van der Waals surface area contributed by atoms with Crippen LogP contribution < -0.4 is 26.5 Å². The first kappa shape index (κ1) is 14.6. The zero-order chi connectivity index (χ0) is 14.5. The molecule has 0 spiro atoms. The number of nitrogen functional groups attached to an aromatic ring is 1. The number of aromatic nitrogens is 1. The van der Waals surface area contributed by atoms with Gasteiger partial charge in [-0.2, -0.15) is 0 Å². The van der Waals surface area contributed by atoms with Crippen molar-refractivity contribution in [3.63, 3.8) is 0 Å². The Bertz CT molecular complexity index is 586. The molecule has 7 heteroatoms. The van der Waals surface area contributed by atoms with Crippen LogP contribution in [0.5, 0.6) is 11.5 Å². The Kier molecular flexibility index (Phi) is 4.78. The fourth-order valence-electron chi connectivity index (χ4n) is 1.99. The molecule has 0 aliphatic carbocycles. The number of nitrogens with two attached hydrogens (primary N) is 2. The molecular formula is C13H18N4O2S. The van der Waals surface area contributed by atoms with Gasteiger partial charge in [-0.25, -0.2) is 10.8 Å². The standard InChI is InChI=1S/C13H18N4O2S/c1-18-11-5-8(3-4-14)9(6-12(11)19-2)10-7-20-13(16-10)17-15/h5-7H,3-4,14-15H2,1-2H3,(H,16,17). The Hall–Kier alpha value is -1.83. The van der Waals surface area contributed by atoms with Gasteiger partial charge in [0.25, 0.3) is 0 Å². The lowest BCUT2D eigenvalue weighted by Crippen LogP contribution is -2.06. The van der Waals surface area contributed by atoms with Crippen molar-refractivity contribution < 1.29 is 9.47 Å². The molecule has 108 valence electrons. The van der Waals surface area contributed by atoms with Gasteiger partial charge in [-0.05, 0) is 30.7 Å². The average Bonchev–Trinajstić information content (AvgIpc) is 2.95. The molecule has 5 N–H and O–H groups in total. The fraction of sp³-hybridized carbons (Fsp3) is 0.308. The van der Waals surface area contributed by atoms with E-state index in [1.165, 1.54) is 11.3 Å². The molecule has 6 nitrogen and oxygen atoms in total. The minimum Gasteiger partial charge on any atom is -0.493 e. The number of methoxy groups -OCH3 is 2. The summed E-state index contributed by atoms with van der Waals surface area (Å²) in [5.41, 5.74) is 11.1. The highest BCUT2D eigenvalue weighted by molar-refractivity contribution is 7.14. The van der Waals surface area contributed by atoms with E-state index < -0.39 is 0 Å². The number of thiazole rings is 1. The molecule has 2 rings (SSSR count). The lowest BCUT2D eigenvalue weighted by Gasteiger charge is -2.13. The van der Waals surface area contributed by atoms with Gasteiger partial charge in [0.2, 0.25) is 0 Å². The van der Waals surface area contributed by atoms with Crippen LogP contribution in [0.15, 0.2) is 17.5 Å². The van der Waals surface area contributed by atoms with Gasteiger partial charge >= 0.3 is 0 Å². The van der Waals surface area contributed by atoms with E-state index in [0.29, 0.717) is 23.2 Å². The van der Waals surface area contributed by atoms with Crippen molar-refractivity contribution in [2.45, 2.75) is 6.42 Å². The smallest absolute Gasteiger partial charge is 0.197 e. The maximum absolute atomic E-state index is 5.68. The molecule has 0 amide bonds. The van der Waals surface area contributed by atoms with Gasteiger partial charge in [0.1, 0.15) is 0 Å². The van der Waals surface area contributed by atoms with E-state index >= 15 is 0 Å². The first-order chi connectivity index (χ1) is 9.73. The Balaban J connectivity index is 2.53. The molecule has 0 aliphatic rings. The number of hydrazine groups is 1. The monoisotopic (exact) mass is 294 g/mol. The van der Waals surface area contributed by atoms with Gasteiger partial charge in [0.15, 0.2) is 16.6 Å². The van der Waals surface area contributed by atoms with E-state index in [1.54, 1.807) is 14.2 Å². The molecule has 0 radical (unpaired) electrons. The Morgan fingerprint density at radius 1 is 1.25 bits per heavy atom. The van der Waals surface area contributed by atoms with Crippen LogP contribution in [0, 0.1) is 0 Å². The maximum Gasteiger partial charge on any atom is 0.197 e. The molecule has 0 saturated heterocycles. The molecule has 1 aromatic carbocycles. The van der Waals surface area contributed by atoms with Crippen LogP contribution in [0.2, 0.25) is 0 Å². The van der Waals surface area contributed by atoms with E-state index in [1.807, 2.05) is 17.5 Å². The summed E-state index contributed by atoms with van der Waals surface area (Å²) in [6.07, 6.45) is 0.735. The van der Waals surface area contributed by atoms with Crippen molar-refractivity contribution in [3.8, 4) is 22.8 Å². The zero-order valence-corrected chi connectivity index (χ0v) is 12.3. The molecule has 0 atom stereocenters. The summed E-state index contributed by atoms with van der Waals surface area (Å²) in [4.78, 5) is 4.42. The molecule has 0 unspecified atom stereocenters. The summed E-state index contributed by atoms with van der Waals surface area (Å²) < 4.78 is 10.7. The van der Waals surface area contributed by atoms with E-state index in [9.17, 15) is 0 Å². The summed E-state index contributed by atoms with van der Waals surface area (Å²) >= 11 is 1.44. The fourth-order valence-corrected chi connectivity index (χ4v) is 2.61. The number of hydrogen-bond acceptors (Lipinski definition) is 7. The third-order valence-electron chi connectivity index (χ3n) is 2.93. The number of rotatable bonds is 6. The summed E-state index contributed by atoms with van der Waals surface area (Å²) in [6, 6.07) is 3.86. The second kappa shape index (κ2) is 6.56. The SMILES string of the molecule is COc1cc(CCN)c(-c2csc(NN)n2)cc1OC. The first-order valence-electron chi connectivity index (χ1n) is 6.11.